The number of hydrogen-bond donors (Lipinski definition) is 1. The minimum Gasteiger partial charge on any atom is -0.548 e. The van der Waals surface area contributed by atoms with Gasteiger partial charge < -0.3 is 15.0 Å². The van der Waals surface area contributed by atoms with Crippen LogP contribution in [0.4, 0.5) is 0 Å². The second-order valence-electron chi connectivity index (χ2n) is 10.4. The normalized spacial score (nSPS) is 18.3. The molecule has 28 heavy (non-hydrogen) atoms. The van der Waals surface area contributed by atoms with Crippen LogP contribution in [-0.4, -0.2) is 11.1 Å². The molecule has 0 aliphatic heterocycles. The van der Waals surface area contributed by atoms with Crippen molar-refractivity contribution in [3.63, 3.8) is 0 Å². The number of carbonyl (C=O) groups is 1. The third-order valence-corrected chi connectivity index (χ3v) is 6.13. The highest BCUT2D eigenvalue weighted by molar-refractivity contribution is 5.77. The predicted molar refractivity (Wildman–Crippen MR) is 109 cm³/mol. The molecule has 1 atom stereocenters. The van der Waals surface area contributed by atoms with E-state index in [1.165, 1.54) is 0 Å². The van der Waals surface area contributed by atoms with Gasteiger partial charge in [-0.1, -0.05) is 72.9 Å². The molecule has 0 spiro atoms. The monoisotopic (exact) mass is 384 g/mol. The largest absolute Gasteiger partial charge is 0.548 e. The zero-order chi connectivity index (χ0) is 21.3. The van der Waals surface area contributed by atoms with E-state index in [0.29, 0.717) is 0 Å². The molecule has 0 radical (unpaired) electrons. The van der Waals surface area contributed by atoms with E-state index in [1.807, 2.05) is 53.7 Å². The third kappa shape index (κ3) is 4.35. The smallest absolute Gasteiger partial charge is 0.123 e. The van der Waals surface area contributed by atoms with E-state index < -0.39 is 11.4 Å². The molecule has 1 aliphatic rings. The van der Waals surface area contributed by atoms with Gasteiger partial charge >= 0.3 is 0 Å². The lowest BCUT2D eigenvalue weighted by atomic mass is 9.66. The first kappa shape index (κ1) is 22.3. The molecule has 1 fully saturated rings. The summed E-state index contributed by atoms with van der Waals surface area (Å²) in [6.45, 7) is 12.1. The Labute approximate surface area is 169 Å². The average Bonchev–Trinajstić information content (AvgIpc) is 2.59. The number of benzene rings is 1. The van der Waals surface area contributed by atoms with Crippen LogP contribution in [0.25, 0.3) is 0 Å². The first-order valence-corrected chi connectivity index (χ1v) is 10.3. The molecular formula is C24H34NO3-. The van der Waals surface area contributed by atoms with E-state index >= 15 is 0 Å². The fraction of sp³-hybridized carbons (Fsp3) is 0.667. The summed E-state index contributed by atoms with van der Waals surface area (Å²) in [4.78, 5) is 12.2. The van der Waals surface area contributed by atoms with Crippen molar-refractivity contribution in [2.45, 2.75) is 90.9 Å². The highest BCUT2D eigenvalue weighted by Crippen LogP contribution is 2.44. The Balaban J connectivity index is 2.62. The number of hydrogen-bond acceptors (Lipinski definition) is 4. The fourth-order valence-corrected chi connectivity index (χ4v) is 4.42. The standard InChI is InChI=1S/C24H35NO3/c1-22(2,3)18-12-16(13-19(20(18)26)23(4,5)6)14-24(15-25,21(27)28)17-10-8-7-9-11-17/h12-13,17,26H,7-11,14H2,1-6H3,(H,27,28)/p-1. The molecule has 2 rings (SSSR count). The predicted octanol–water partition coefficient (Wildman–Crippen LogP) is 4.37. The molecule has 0 saturated heterocycles. The van der Waals surface area contributed by atoms with Crippen LogP contribution in [-0.2, 0) is 22.0 Å². The summed E-state index contributed by atoms with van der Waals surface area (Å²) in [5, 5.41) is 33.1. The number of nitrogens with zero attached hydrogens (tertiary/aromatic N) is 1. The molecule has 4 nitrogen and oxygen atoms in total. The van der Waals surface area contributed by atoms with Crippen LogP contribution >= 0.6 is 0 Å². The van der Waals surface area contributed by atoms with E-state index in [4.69, 9.17) is 0 Å². The first-order chi connectivity index (χ1) is 12.8. The van der Waals surface area contributed by atoms with Crippen molar-refractivity contribution in [1.29, 1.82) is 5.26 Å². The number of phenolic OH excluding ortho intramolecular Hbond substituents is 1. The highest BCUT2D eigenvalue weighted by atomic mass is 16.4. The van der Waals surface area contributed by atoms with Gasteiger partial charge in [-0.15, -0.1) is 0 Å². The second-order valence-corrected chi connectivity index (χ2v) is 10.4. The Morgan fingerprint density at radius 3 is 1.89 bits per heavy atom. The van der Waals surface area contributed by atoms with Crippen LogP contribution in [0.2, 0.25) is 0 Å². The maximum absolute atomic E-state index is 12.2. The van der Waals surface area contributed by atoms with Gasteiger partial charge in [0, 0.05) is 0 Å². The lowest BCUT2D eigenvalue weighted by molar-refractivity contribution is -0.318. The Kier molecular flexibility index (Phi) is 6.19. The van der Waals surface area contributed by atoms with Crippen molar-refractivity contribution in [3.8, 4) is 11.8 Å². The van der Waals surface area contributed by atoms with Gasteiger partial charge in [0.05, 0.1) is 12.0 Å². The van der Waals surface area contributed by atoms with E-state index in [9.17, 15) is 20.3 Å². The Morgan fingerprint density at radius 1 is 1.07 bits per heavy atom. The molecule has 1 unspecified atom stereocenters. The number of aliphatic carboxylic acids is 1. The van der Waals surface area contributed by atoms with Crippen molar-refractivity contribution in [2.24, 2.45) is 11.3 Å². The molecule has 1 aromatic rings. The summed E-state index contributed by atoms with van der Waals surface area (Å²) >= 11 is 0. The van der Waals surface area contributed by atoms with Gasteiger partial charge in [-0.2, -0.15) is 5.26 Å². The zero-order valence-electron chi connectivity index (χ0n) is 18.2. The average molecular weight is 385 g/mol. The minimum atomic E-state index is -1.53. The molecule has 0 bridgehead atoms. The summed E-state index contributed by atoms with van der Waals surface area (Å²) in [6, 6.07) is 5.89. The Morgan fingerprint density at radius 2 is 1.54 bits per heavy atom. The van der Waals surface area contributed by atoms with Gasteiger partial charge in [0.15, 0.2) is 0 Å². The minimum absolute atomic E-state index is 0.114. The van der Waals surface area contributed by atoms with Crippen LogP contribution in [0.1, 0.15) is 90.3 Å². The van der Waals surface area contributed by atoms with Gasteiger partial charge in [0.1, 0.15) is 11.2 Å². The van der Waals surface area contributed by atoms with Gasteiger partial charge in [-0.25, -0.2) is 0 Å². The number of phenols is 1. The SMILES string of the molecule is CC(C)(C)c1cc(CC(C#N)(C(=O)[O-])C2CCCCC2)cc(C(C)(C)C)c1O. The maximum atomic E-state index is 12.2. The summed E-state index contributed by atoms with van der Waals surface area (Å²) in [5.74, 6) is -1.21. The van der Waals surface area contributed by atoms with E-state index in [2.05, 4.69) is 6.07 Å². The summed E-state index contributed by atoms with van der Waals surface area (Å²) in [6.07, 6.45) is 4.61. The lowest BCUT2D eigenvalue weighted by Crippen LogP contribution is -2.48. The second kappa shape index (κ2) is 7.78. The first-order valence-electron chi connectivity index (χ1n) is 10.3. The number of carbonyl (C=O) groups excluding carboxylic acids is 1. The lowest BCUT2D eigenvalue weighted by Gasteiger charge is -2.39. The number of carboxylic acid groups (broad SMARTS) is 1. The quantitative estimate of drug-likeness (QED) is 0.835. The van der Waals surface area contributed by atoms with Crippen LogP contribution in [0.3, 0.4) is 0 Å². The van der Waals surface area contributed by atoms with Gasteiger partial charge in [-0.05, 0) is 52.7 Å². The van der Waals surface area contributed by atoms with E-state index in [1.54, 1.807) is 0 Å². The fourth-order valence-electron chi connectivity index (χ4n) is 4.42. The zero-order valence-corrected chi connectivity index (χ0v) is 18.2. The van der Waals surface area contributed by atoms with Crippen molar-refractivity contribution >= 4 is 5.97 Å². The van der Waals surface area contributed by atoms with Crippen LogP contribution in [0, 0.1) is 22.7 Å². The molecule has 0 amide bonds. The maximum Gasteiger partial charge on any atom is 0.123 e. The molecule has 1 saturated carbocycles. The summed E-state index contributed by atoms with van der Waals surface area (Å²) < 4.78 is 0. The van der Waals surface area contributed by atoms with Gasteiger partial charge in [-0.3, -0.25) is 0 Å². The van der Waals surface area contributed by atoms with Crippen LogP contribution < -0.4 is 5.11 Å². The summed E-state index contributed by atoms with van der Waals surface area (Å²) in [5.41, 5.74) is 0.210. The third-order valence-electron chi connectivity index (χ3n) is 6.13. The van der Waals surface area contributed by atoms with Crippen LogP contribution in [0.5, 0.6) is 5.75 Å². The molecule has 1 aliphatic carbocycles. The number of nitriles is 1. The molecule has 1 aromatic carbocycles. The number of rotatable bonds is 4. The van der Waals surface area contributed by atoms with Crippen molar-refractivity contribution in [2.75, 3.05) is 0 Å². The molecule has 0 aromatic heterocycles. The molecule has 154 valence electrons. The number of carboxylic acids is 1. The molecule has 4 heteroatoms. The van der Waals surface area contributed by atoms with Crippen molar-refractivity contribution < 1.29 is 15.0 Å². The molecule has 1 N–H and O–H groups in total. The van der Waals surface area contributed by atoms with E-state index in [-0.39, 0.29) is 28.9 Å². The van der Waals surface area contributed by atoms with Crippen molar-refractivity contribution in [3.05, 3.63) is 28.8 Å². The van der Waals surface area contributed by atoms with Gasteiger partial charge in [0.2, 0.25) is 0 Å². The number of aromatic hydroxyl groups is 1. The highest BCUT2D eigenvalue weighted by Gasteiger charge is 2.42. The van der Waals surface area contributed by atoms with Crippen LogP contribution in [0.15, 0.2) is 12.1 Å². The molecule has 0 heterocycles. The van der Waals surface area contributed by atoms with E-state index in [0.717, 1.165) is 48.8 Å². The topological polar surface area (TPSA) is 84.2 Å². The Hall–Kier alpha value is -2.02. The Bertz CT molecular complexity index is 736. The molecular weight excluding hydrogens is 350 g/mol. The summed E-state index contributed by atoms with van der Waals surface area (Å²) in [7, 11) is 0. The van der Waals surface area contributed by atoms with Gasteiger partial charge in [0.25, 0.3) is 0 Å². The van der Waals surface area contributed by atoms with Crippen molar-refractivity contribution in [1.82, 2.24) is 0 Å².